The number of hydrogen-bond donors (Lipinski definition) is 0. The van der Waals surface area contributed by atoms with E-state index < -0.39 is 53.1 Å². The summed E-state index contributed by atoms with van der Waals surface area (Å²) in [7, 11) is 1.07. The molecule has 0 aliphatic carbocycles. The SMILES string of the molecule is CCOC(=O)C1OC(C)(C(F)(F)F)C(CC)C1c1ccc(F)c(F)c1OC. The maximum atomic E-state index is 14.2. The van der Waals surface area contributed by atoms with Crippen LogP contribution in [-0.2, 0) is 14.3 Å². The molecule has 1 saturated heterocycles. The number of esters is 1. The summed E-state index contributed by atoms with van der Waals surface area (Å²) >= 11 is 0. The molecule has 1 aromatic carbocycles. The molecule has 9 heteroatoms. The molecule has 0 aromatic heterocycles. The Morgan fingerprint density at radius 2 is 1.89 bits per heavy atom. The molecule has 4 atom stereocenters. The maximum absolute atomic E-state index is 14.2. The number of halogens is 5. The van der Waals surface area contributed by atoms with Gasteiger partial charge in [0.1, 0.15) is 0 Å². The molecule has 4 nitrogen and oxygen atoms in total. The van der Waals surface area contributed by atoms with Crippen LogP contribution in [0.2, 0.25) is 0 Å². The number of methoxy groups -OCH3 is 1. The Kier molecular flexibility index (Phi) is 6.03. The van der Waals surface area contributed by atoms with Crippen LogP contribution in [0.5, 0.6) is 5.75 Å². The smallest absolute Gasteiger partial charge is 0.417 e. The van der Waals surface area contributed by atoms with E-state index in [-0.39, 0.29) is 18.6 Å². The Morgan fingerprint density at radius 1 is 1.26 bits per heavy atom. The van der Waals surface area contributed by atoms with Crippen LogP contribution in [0.3, 0.4) is 0 Å². The van der Waals surface area contributed by atoms with Gasteiger partial charge in [-0.25, -0.2) is 9.18 Å². The number of carbonyl (C=O) groups excluding carboxylic acids is 1. The van der Waals surface area contributed by atoms with Crippen molar-refractivity contribution >= 4 is 5.97 Å². The highest BCUT2D eigenvalue weighted by Gasteiger charge is 2.67. The molecule has 1 aliphatic rings. The number of ether oxygens (including phenoxy) is 3. The third-order valence-corrected chi connectivity index (χ3v) is 5.00. The molecule has 1 heterocycles. The zero-order chi connectivity index (χ0) is 20.6. The molecule has 152 valence electrons. The van der Waals surface area contributed by atoms with E-state index in [0.29, 0.717) is 0 Å². The molecule has 4 unspecified atom stereocenters. The first-order chi connectivity index (χ1) is 12.5. The fraction of sp³-hybridized carbons (Fsp3) is 0.611. The van der Waals surface area contributed by atoms with Gasteiger partial charge in [-0.3, -0.25) is 0 Å². The molecule has 0 bridgehead atoms. The van der Waals surface area contributed by atoms with Crippen LogP contribution in [-0.4, -0.2) is 37.6 Å². The van der Waals surface area contributed by atoms with Gasteiger partial charge < -0.3 is 14.2 Å². The highest BCUT2D eigenvalue weighted by atomic mass is 19.4. The van der Waals surface area contributed by atoms with Crippen LogP contribution in [0, 0.1) is 17.6 Å². The normalized spacial score (nSPS) is 28.3. The van der Waals surface area contributed by atoms with Crippen LogP contribution in [0.4, 0.5) is 22.0 Å². The van der Waals surface area contributed by atoms with Crippen molar-refractivity contribution in [3.05, 3.63) is 29.3 Å². The number of carbonyl (C=O) groups is 1. The molecule has 1 aromatic rings. The van der Waals surface area contributed by atoms with Crippen molar-refractivity contribution < 1.29 is 41.0 Å². The molecule has 0 amide bonds. The third-order valence-electron chi connectivity index (χ3n) is 5.00. The molecular weight excluding hydrogens is 375 g/mol. The monoisotopic (exact) mass is 396 g/mol. The zero-order valence-corrected chi connectivity index (χ0v) is 15.3. The fourth-order valence-corrected chi connectivity index (χ4v) is 3.71. The van der Waals surface area contributed by atoms with E-state index in [1.807, 2.05) is 0 Å². The zero-order valence-electron chi connectivity index (χ0n) is 15.3. The molecule has 1 fully saturated rings. The van der Waals surface area contributed by atoms with E-state index >= 15 is 0 Å². The lowest BCUT2D eigenvalue weighted by molar-refractivity contribution is -0.275. The minimum absolute atomic E-state index is 0.0290. The summed E-state index contributed by atoms with van der Waals surface area (Å²) in [5.74, 6) is -6.58. The van der Waals surface area contributed by atoms with E-state index in [2.05, 4.69) is 0 Å². The molecule has 0 spiro atoms. The number of rotatable bonds is 5. The van der Waals surface area contributed by atoms with Gasteiger partial charge in [0.2, 0.25) is 5.82 Å². The Morgan fingerprint density at radius 3 is 2.37 bits per heavy atom. The lowest BCUT2D eigenvalue weighted by Crippen LogP contribution is -2.48. The van der Waals surface area contributed by atoms with Crippen LogP contribution < -0.4 is 4.74 Å². The summed E-state index contributed by atoms with van der Waals surface area (Å²) in [5, 5.41) is 0. The van der Waals surface area contributed by atoms with E-state index in [9.17, 15) is 26.7 Å². The van der Waals surface area contributed by atoms with Crippen LogP contribution >= 0.6 is 0 Å². The van der Waals surface area contributed by atoms with Crippen LogP contribution in [0.25, 0.3) is 0 Å². The van der Waals surface area contributed by atoms with Crippen molar-refractivity contribution in [1.29, 1.82) is 0 Å². The van der Waals surface area contributed by atoms with Crippen LogP contribution in [0.1, 0.15) is 38.7 Å². The highest BCUT2D eigenvalue weighted by molar-refractivity contribution is 5.77. The van der Waals surface area contributed by atoms with Gasteiger partial charge in [-0.05, 0) is 26.3 Å². The van der Waals surface area contributed by atoms with Gasteiger partial charge >= 0.3 is 12.1 Å². The molecule has 0 N–H and O–H groups in total. The molecule has 1 aliphatic heterocycles. The predicted molar refractivity (Wildman–Crippen MR) is 85.4 cm³/mol. The summed E-state index contributed by atoms with van der Waals surface area (Å²) in [4.78, 5) is 12.3. The minimum Gasteiger partial charge on any atom is -0.493 e. The van der Waals surface area contributed by atoms with Crippen molar-refractivity contribution in [3.8, 4) is 5.75 Å². The second kappa shape index (κ2) is 7.61. The highest BCUT2D eigenvalue weighted by Crippen LogP contribution is 2.56. The van der Waals surface area contributed by atoms with Crippen molar-refractivity contribution in [2.45, 2.75) is 51.0 Å². The summed E-state index contributed by atoms with van der Waals surface area (Å²) in [5.41, 5.74) is -2.74. The minimum atomic E-state index is -4.79. The van der Waals surface area contributed by atoms with Gasteiger partial charge in [0.05, 0.1) is 13.7 Å². The standard InChI is InChI=1S/C18H21F5O4/c1-5-10-12(9-7-8-11(19)13(20)14(9)25-4)15(16(24)26-6-2)27-17(10,3)18(21,22)23/h7-8,10,12,15H,5-6H2,1-4H3. The second-order valence-electron chi connectivity index (χ2n) is 6.42. The largest absolute Gasteiger partial charge is 0.493 e. The maximum Gasteiger partial charge on any atom is 0.417 e. The Labute approximate surface area is 153 Å². The quantitative estimate of drug-likeness (QED) is 0.548. The predicted octanol–water partition coefficient (Wildman–Crippen LogP) is 4.37. The van der Waals surface area contributed by atoms with Gasteiger partial charge in [-0.1, -0.05) is 13.0 Å². The average molecular weight is 396 g/mol. The summed E-state index contributed by atoms with van der Waals surface area (Å²) in [6, 6.07) is 1.90. The molecule has 2 rings (SSSR count). The Balaban J connectivity index is 2.68. The van der Waals surface area contributed by atoms with E-state index in [1.54, 1.807) is 0 Å². The van der Waals surface area contributed by atoms with E-state index in [1.165, 1.54) is 13.8 Å². The summed E-state index contributed by atoms with van der Waals surface area (Å²) < 4.78 is 84.0. The molecule has 0 radical (unpaired) electrons. The van der Waals surface area contributed by atoms with E-state index in [0.717, 1.165) is 26.2 Å². The van der Waals surface area contributed by atoms with Crippen molar-refractivity contribution in [2.24, 2.45) is 5.92 Å². The van der Waals surface area contributed by atoms with Gasteiger partial charge in [0.15, 0.2) is 23.3 Å². The fourth-order valence-electron chi connectivity index (χ4n) is 3.71. The lowest BCUT2D eigenvalue weighted by Gasteiger charge is -2.33. The Hall–Kier alpha value is -1.90. The number of hydrogen-bond acceptors (Lipinski definition) is 4. The first kappa shape index (κ1) is 21.4. The van der Waals surface area contributed by atoms with Gasteiger partial charge in [0, 0.05) is 17.4 Å². The van der Waals surface area contributed by atoms with Crippen LogP contribution in [0.15, 0.2) is 12.1 Å². The number of benzene rings is 1. The Bertz CT molecular complexity index is 706. The van der Waals surface area contributed by atoms with Crippen molar-refractivity contribution in [3.63, 3.8) is 0 Å². The van der Waals surface area contributed by atoms with Crippen molar-refractivity contribution in [1.82, 2.24) is 0 Å². The third kappa shape index (κ3) is 3.49. The molecule has 27 heavy (non-hydrogen) atoms. The van der Waals surface area contributed by atoms with E-state index in [4.69, 9.17) is 14.2 Å². The summed E-state index contributed by atoms with van der Waals surface area (Å²) in [6.07, 6.45) is -6.46. The van der Waals surface area contributed by atoms with Gasteiger partial charge in [-0.15, -0.1) is 0 Å². The average Bonchev–Trinajstić information content (AvgIpc) is 2.91. The molecule has 0 saturated carbocycles. The topological polar surface area (TPSA) is 44.8 Å². The lowest BCUT2D eigenvalue weighted by atomic mass is 9.74. The second-order valence-corrected chi connectivity index (χ2v) is 6.42. The first-order valence-electron chi connectivity index (χ1n) is 8.46. The first-order valence-corrected chi connectivity index (χ1v) is 8.46. The van der Waals surface area contributed by atoms with Crippen molar-refractivity contribution in [2.75, 3.05) is 13.7 Å². The molecular formula is C18H21F5O4. The van der Waals surface area contributed by atoms with Gasteiger partial charge in [0.25, 0.3) is 0 Å². The number of alkyl halides is 3. The van der Waals surface area contributed by atoms with Gasteiger partial charge in [-0.2, -0.15) is 17.6 Å². The summed E-state index contributed by atoms with van der Waals surface area (Å²) in [6.45, 7) is 3.78.